The van der Waals surface area contributed by atoms with Gasteiger partial charge in [0.15, 0.2) is 0 Å². The quantitative estimate of drug-likeness (QED) is 0.127. The number of hydrogen-bond donors (Lipinski definition) is 2. The third-order valence-electron chi connectivity index (χ3n) is 7.16. The predicted octanol–water partition coefficient (Wildman–Crippen LogP) is 4.68. The Hall–Kier alpha value is -5.17. The molecule has 0 aliphatic carbocycles. The summed E-state index contributed by atoms with van der Waals surface area (Å²) in [6.45, 7) is 1.94. The molecule has 3 aromatic rings. The first-order valence-corrected chi connectivity index (χ1v) is 13.6. The first-order valence-electron chi connectivity index (χ1n) is 13.6. The van der Waals surface area contributed by atoms with E-state index in [9.17, 15) is 29.6 Å². The molecule has 1 heterocycles. The average Bonchev–Trinajstić information content (AvgIpc) is 3.47. The van der Waals surface area contributed by atoms with Gasteiger partial charge in [0.25, 0.3) is 11.6 Å². The van der Waals surface area contributed by atoms with Crippen molar-refractivity contribution in [2.75, 3.05) is 20.8 Å². The molecule has 1 aliphatic rings. The van der Waals surface area contributed by atoms with Crippen LogP contribution in [0.2, 0.25) is 0 Å². The molecule has 13 heteroatoms. The second kappa shape index (κ2) is 13.9. The minimum atomic E-state index is -1.15. The molecule has 44 heavy (non-hydrogen) atoms. The molecule has 13 nitrogen and oxygen atoms in total. The van der Waals surface area contributed by atoms with Crippen molar-refractivity contribution < 1.29 is 48.1 Å². The van der Waals surface area contributed by atoms with Gasteiger partial charge in [0.2, 0.25) is 0 Å². The molecule has 1 aliphatic heterocycles. The van der Waals surface area contributed by atoms with E-state index in [0.29, 0.717) is 41.2 Å². The van der Waals surface area contributed by atoms with Crippen LogP contribution in [-0.4, -0.2) is 60.5 Å². The number of benzene rings is 3. The van der Waals surface area contributed by atoms with Crippen molar-refractivity contribution in [1.29, 1.82) is 0 Å². The third kappa shape index (κ3) is 7.61. The minimum Gasteiger partial charge on any atom is -0.496 e. The molecule has 0 bridgehead atoms. The molecule has 1 unspecified atom stereocenters. The van der Waals surface area contributed by atoms with Gasteiger partial charge in [0, 0.05) is 25.2 Å². The summed E-state index contributed by atoms with van der Waals surface area (Å²) in [7, 11) is 2.96. The summed E-state index contributed by atoms with van der Waals surface area (Å²) in [5.74, 6) is -0.650. The van der Waals surface area contributed by atoms with Gasteiger partial charge < -0.3 is 34.1 Å². The third-order valence-corrected chi connectivity index (χ3v) is 7.16. The molecular formula is C31H32N2O11. The van der Waals surface area contributed by atoms with E-state index < -0.39 is 34.6 Å². The Labute approximate surface area is 252 Å². The molecule has 2 N–H and O–H groups in total. The molecule has 1 saturated heterocycles. The van der Waals surface area contributed by atoms with Crippen LogP contribution in [0.3, 0.4) is 0 Å². The highest BCUT2D eigenvalue weighted by atomic mass is 16.7. The maximum absolute atomic E-state index is 12.7. The Kier molecular flexibility index (Phi) is 10.0. The summed E-state index contributed by atoms with van der Waals surface area (Å²) < 4.78 is 27.0. The van der Waals surface area contributed by atoms with E-state index >= 15 is 0 Å². The standard InChI is InChI=1S/C31H32N2O11/c1-31(13-4-14-43-31)29(36)32-24(28(34)35)15-19-5-7-21(8-6-19)27-25(40-2)16-20(17-26(27)41-3)18-42-30(37)44-23-11-9-22(10-12-23)33(38)39/h5-12,16-17,24H,4,13-15,18H2,1-3H3,(H,32,36)(H,34,35)/t24-,31?/m0/s1. The SMILES string of the molecule is COc1cc(COC(=O)Oc2ccc([N+](=O)[O-])cc2)cc(OC)c1-c1ccc(C[C@H](NC(=O)C2(C)CCCO2)C(=O)O)cc1. The highest BCUT2D eigenvalue weighted by molar-refractivity contribution is 5.89. The zero-order chi connectivity index (χ0) is 31.9. The fourth-order valence-corrected chi connectivity index (χ4v) is 4.75. The van der Waals surface area contributed by atoms with E-state index in [4.69, 9.17) is 23.7 Å². The average molecular weight is 609 g/mol. The summed E-state index contributed by atoms with van der Waals surface area (Å²) in [6, 6.07) is 14.3. The Morgan fingerprint density at radius 1 is 1.02 bits per heavy atom. The van der Waals surface area contributed by atoms with E-state index in [0.717, 1.165) is 12.0 Å². The monoisotopic (exact) mass is 608 g/mol. The van der Waals surface area contributed by atoms with Gasteiger partial charge in [-0.1, -0.05) is 24.3 Å². The van der Waals surface area contributed by atoms with Gasteiger partial charge in [-0.3, -0.25) is 14.9 Å². The summed E-state index contributed by atoms with van der Waals surface area (Å²) in [5.41, 5.74) is 1.39. The van der Waals surface area contributed by atoms with Crippen LogP contribution in [0.25, 0.3) is 11.1 Å². The summed E-state index contributed by atoms with van der Waals surface area (Å²) >= 11 is 0. The van der Waals surface area contributed by atoms with Crippen LogP contribution in [0.1, 0.15) is 30.9 Å². The number of amides is 1. The summed E-state index contributed by atoms with van der Waals surface area (Å²) in [6.07, 6.45) is 0.330. The van der Waals surface area contributed by atoms with Crippen LogP contribution in [0.5, 0.6) is 17.2 Å². The topological polar surface area (TPSA) is 173 Å². The van der Waals surface area contributed by atoms with Crippen molar-refractivity contribution in [3.05, 3.63) is 81.9 Å². The number of nitrogens with zero attached hydrogens (tertiary/aromatic N) is 1. The first-order chi connectivity index (χ1) is 21.0. The number of rotatable bonds is 12. The number of carbonyl (C=O) groups is 3. The van der Waals surface area contributed by atoms with E-state index in [-0.39, 0.29) is 24.5 Å². The second-order valence-corrected chi connectivity index (χ2v) is 10.2. The number of carbonyl (C=O) groups excluding carboxylic acids is 2. The minimum absolute atomic E-state index is 0.0674. The molecule has 3 aromatic carbocycles. The Balaban J connectivity index is 1.44. The lowest BCUT2D eigenvalue weighted by Gasteiger charge is -2.24. The highest BCUT2D eigenvalue weighted by Crippen LogP contribution is 2.40. The van der Waals surface area contributed by atoms with Gasteiger partial charge in [0.05, 0.1) is 24.7 Å². The number of carboxylic acids is 1. The van der Waals surface area contributed by atoms with Crippen LogP contribution in [0, 0.1) is 10.1 Å². The van der Waals surface area contributed by atoms with Gasteiger partial charge in [-0.25, -0.2) is 9.59 Å². The number of hydrogen-bond acceptors (Lipinski definition) is 10. The van der Waals surface area contributed by atoms with Gasteiger partial charge in [-0.05, 0) is 60.7 Å². The van der Waals surface area contributed by atoms with Gasteiger partial charge in [-0.15, -0.1) is 0 Å². The number of nitrogens with one attached hydrogen (secondary N) is 1. The maximum Gasteiger partial charge on any atom is 0.514 e. The number of nitro groups is 1. The molecule has 232 valence electrons. The summed E-state index contributed by atoms with van der Waals surface area (Å²) in [5, 5.41) is 23.1. The van der Waals surface area contributed by atoms with Gasteiger partial charge >= 0.3 is 12.1 Å². The molecule has 0 saturated carbocycles. The number of nitro benzene ring substituents is 1. The smallest absolute Gasteiger partial charge is 0.496 e. The fraction of sp³-hybridized carbons (Fsp3) is 0.323. The van der Waals surface area contributed by atoms with Crippen molar-refractivity contribution in [3.8, 4) is 28.4 Å². The van der Waals surface area contributed by atoms with Crippen molar-refractivity contribution in [2.45, 2.75) is 44.4 Å². The van der Waals surface area contributed by atoms with E-state index in [2.05, 4.69) is 5.32 Å². The van der Waals surface area contributed by atoms with Crippen LogP contribution in [0.4, 0.5) is 10.5 Å². The van der Waals surface area contributed by atoms with Crippen LogP contribution in [0.15, 0.2) is 60.7 Å². The second-order valence-electron chi connectivity index (χ2n) is 10.2. The molecule has 0 spiro atoms. The largest absolute Gasteiger partial charge is 0.514 e. The fourth-order valence-electron chi connectivity index (χ4n) is 4.75. The molecule has 4 rings (SSSR count). The Morgan fingerprint density at radius 3 is 2.18 bits per heavy atom. The number of aliphatic carboxylic acids is 1. The molecule has 2 atom stereocenters. The van der Waals surface area contributed by atoms with Gasteiger partial charge in [0.1, 0.15) is 35.5 Å². The zero-order valence-corrected chi connectivity index (χ0v) is 24.4. The van der Waals surface area contributed by atoms with Crippen LogP contribution >= 0.6 is 0 Å². The Morgan fingerprint density at radius 2 is 1.66 bits per heavy atom. The lowest BCUT2D eigenvalue weighted by Crippen LogP contribution is -2.51. The van der Waals surface area contributed by atoms with Crippen molar-refractivity contribution in [3.63, 3.8) is 0 Å². The van der Waals surface area contributed by atoms with E-state index in [1.54, 1.807) is 43.3 Å². The lowest BCUT2D eigenvalue weighted by atomic mass is 9.97. The van der Waals surface area contributed by atoms with Crippen molar-refractivity contribution in [1.82, 2.24) is 5.32 Å². The molecule has 0 aromatic heterocycles. The molecule has 1 fully saturated rings. The molecular weight excluding hydrogens is 576 g/mol. The predicted molar refractivity (Wildman–Crippen MR) is 156 cm³/mol. The van der Waals surface area contributed by atoms with Crippen LogP contribution in [-0.2, 0) is 32.1 Å². The normalized spacial score (nSPS) is 16.4. The first kappa shape index (κ1) is 31.8. The molecule has 1 amide bonds. The van der Waals surface area contributed by atoms with Crippen LogP contribution < -0.4 is 19.5 Å². The van der Waals surface area contributed by atoms with Crippen molar-refractivity contribution >= 4 is 23.7 Å². The zero-order valence-electron chi connectivity index (χ0n) is 24.4. The maximum atomic E-state index is 12.7. The number of non-ortho nitro benzene ring substituents is 1. The number of carboxylic acid groups (broad SMARTS) is 1. The number of ether oxygens (including phenoxy) is 5. The van der Waals surface area contributed by atoms with Gasteiger partial charge in [-0.2, -0.15) is 0 Å². The van der Waals surface area contributed by atoms with Crippen molar-refractivity contribution in [2.24, 2.45) is 0 Å². The highest BCUT2D eigenvalue weighted by Gasteiger charge is 2.39. The summed E-state index contributed by atoms with van der Waals surface area (Å²) in [4.78, 5) is 47.0. The lowest BCUT2D eigenvalue weighted by molar-refractivity contribution is -0.384. The van der Waals surface area contributed by atoms with E-state index in [1.165, 1.54) is 38.5 Å². The Bertz CT molecular complexity index is 1490. The molecule has 0 radical (unpaired) electrons. The van der Waals surface area contributed by atoms with E-state index in [1.807, 2.05) is 0 Å². The number of methoxy groups -OCH3 is 2.